The summed E-state index contributed by atoms with van der Waals surface area (Å²) >= 11 is 0. The molecule has 8 heteroatoms. The average Bonchev–Trinajstić information content (AvgIpc) is 2.85. The van der Waals surface area contributed by atoms with E-state index >= 15 is 0 Å². The fourth-order valence-electron chi connectivity index (χ4n) is 4.63. The zero-order valence-corrected chi connectivity index (χ0v) is 21.8. The molecule has 1 fully saturated rings. The normalized spacial score (nSPS) is 16.6. The molecule has 0 saturated carbocycles. The number of unbranched alkanes of at least 4 members (excludes halogenated alkanes) is 1. The first-order chi connectivity index (χ1) is 16.7. The second-order valence-electron chi connectivity index (χ2n) is 9.72. The minimum absolute atomic E-state index is 0.00160. The Morgan fingerprint density at radius 2 is 2.00 bits per heavy atom. The number of piperidine rings is 1. The number of anilines is 2. The fourth-order valence-corrected chi connectivity index (χ4v) is 4.63. The van der Waals surface area contributed by atoms with Gasteiger partial charge in [-0.1, -0.05) is 26.7 Å². The summed E-state index contributed by atoms with van der Waals surface area (Å²) < 4.78 is 0. The van der Waals surface area contributed by atoms with Crippen molar-refractivity contribution in [2.24, 2.45) is 0 Å². The molecule has 3 rings (SSSR count). The number of benzene rings is 1. The first kappa shape index (κ1) is 26.4. The monoisotopic (exact) mass is 480 g/mol. The van der Waals surface area contributed by atoms with Crippen molar-refractivity contribution >= 4 is 23.1 Å². The van der Waals surface area contributed by atoms with Crippen LogP contribution in [-0.4, -0.2) is 59.7 Å². The average molecular weight is 481 g/mol. The van der Waals surface area contributed by atoms with Crippen LogP contribution in [0.4, 0.5) is 11.5 Å². The number of rotatable bonds is 10. The van der Waals surface area contributed by atoms with Crippen LogP contribution in [0.3, 0.4) is 0 Å². The lowest BCUT2D eigenvalue weighted by molar-refractivity contribution is 0.0704. The molecule has 0 bridgehead atoms. The first-order valence-electron chi connectivity index (χ1n) is 12.8. The molecule has 1 aromatic heterocycles. The van der Waals surface area contributed by atoms with Gasteiger partial charge in [-0.25, -0.2) is 4.98 Å². The molecule has 1 aliphatic rings. The standard InChI is InChI=1S/C27H40N6O2/c1-6-8-11-21(7-2)29-25-23(18(3)28)26(34)31-24(30-25)20-10-9-16-33(17-20)27(35)19-12-14-22(15-13-19)32(4)5/h12-15,20-21,28H,6-11,16-17H2,1-5H3,(H2,29,30,31,34). The van der Waals surface area contributed by atoms with Crippen molar-refractivity contribution in [3.05, 3.63) is 51.6 Å². The topological polar surface area (TPSA) is 105 Å². The molecule has 1 saturated heterocycles. The van der Waals surface area contributed by atoms with Gasteiger partial charge in [-0.2, -0.15) is 0 Å². The Labute approximate surface area is 208 Å². The van der Waals surface area contributed by atoms with Gasteiger partial charge < -0.3 is 25.5 Å². The number of hydrogen-bond donors (Lipinski definition) is 3. The quantitative estimate of drug-likeness (QED) is 0.430. The van der Waals surface area contributed by atoms with E-state index in [1.807, 2.05) is 48.2 Å². The number of hydrogen-bond acceptors (Lipinski definition) is 6. The number of likely N-dealkylation sites (tertiary alicyclic amines) is 1. The highest BCUT2D eigenvalue weighted by Crippen LogP contribution is 2.27. The van der Waals surface area contributed by atoms with E-state index in [1.54, 1.807) is 6.92 Å². The van der Waals surface area contributed by atoms with Crippen LogP contribution in [0.1, 0.15) is 87.0 Å². The van der Waals surface area contributed by atoms with Gasteiger partial charge in [-0.3, -0.25) is 9.59 Å². The Morgan fingerprint density at radius 3 is 2.60 bits per heavy atom. The van der Waals surface area contributed by atoms with Crippen molar-refractivity contribution in [3.8, 4) is 0 Å². The Kier molecular flexibility index (Phi) is 9.07. The number of amides is 1. The number of aromatic nitrogens is 2. The summed E-state index contributed by atoms with van der Waals surface area (Å²) in [5.41, 5.74) is 1.91. The van der Waals surface area contributed by atoms with E-state index in [-0.39, 0.29) is 29.1 Å². The van der Waals surface area contributed by atoms with Crippen LogP contribution in [0.2, 0.25) is 0 Å². The summed E-state index contributed by atoms with van der Waals surface area (Å²) in [7, 11) is 3.95. The lowest BCUT2D eigenvalue weighted by Gasteiger charge is -2.32. The van der Waals surface area contributed by atoms with Crippen LogP contribution in [0.25, 0.3) is 0 Å². The molecule has 3 N–H and O–H groups in total. The summed E-state index contributed by atoms with van der Waals surface area (Å²) in [6.07, 6.45) is 5.80. The van der Waals surface area contributed by atoms with E-state index in [2.05, 4.69) is 24.1 Å². The van der Waals surface area contributed by atoms with Gasteiger partial charge >= 0.3 is 0 Å². The number of nitrogens with one attached hydrogen (secondary N) is 3. The highest BCUT2D eigenvalue weighted by molar-refractivity contribution is 6.00. The highest BCUT2D eigenvalue weighted by Gasteiger charge is 2.28. The van der Waals surface area contributed by atoms with E-state index in [4.69, 9.17) is 10.4 Å². The molecular formula is C27H40N6O2. The molecule has 1 aliphatic heterocycles. The molecule has 2 unspecified atom stereocenters. The van der Waals surface area contributed by atoms with Gasteiger partial charge in [0.15, 0.2) is 0 Å². The van der Waals surface area contributed by atoms with Gasteiger partial charge in [0.05, 0.1) is 0 Å². The number of aromatic amines is 1. The SMILES string of the molecule is CCCCC(CC)Nc1nc(C2CCCN(C(=O)c3ccc(N(C)C)cc3)C2)[nH]c(=O)c1C(C)=N. The molecule has 8 nitrogen and oxygen atoms in total. The predicted molar refractivity (Wildman–Crippen MR) is 143 cm³/mol. The Balaban J connectivity index is 1.84. The number of carbonyl (C=O) groups is 1. The van der Waals surface area contributed by atoms with E-state index in [9.17, 15) is 9.59 Å². The number of H-pyrrole nitrogens is 1. The summed E-state index contributed by atoms with van der Waals surface area (Å²) in [4.78, 5) is 37.8. The van der Waals surface area contributed by atoms with Crippen LogP contribution in [0.5, 0.6) is 0 Å². The maximum absolute atomic E-state index is 13.2. The minimum atomic E-state index is -0.293. The van der Waals surface area contributed by atoms with E-state index < -0.39 is 0 Å². The van der Waals surface area contributed by atoms with E-state index in [0.717, 1.165) is 44.2 Å². The molecular weight excluding hydrogens is 440 g/mol. The Bertz CT molecular complexity index is 1080. The van der Waals surface area contributed by atoms with Crippen molar-refractivity contribution in [2.45, 2.75) is 71.3 Å². The fraction of sp³-hybridized carbons (Fsp3) is 0.556. The van der Waals surface area contributed by atoms with Crippen molar-refractivity contribution in [1.29, 1.82) is 5.41 Å². The molecule has 0 radical (unpaired) electrons. The van der Waals surface area contributed by atoms with Crippen LogP contribution in [0, 0.1) is 5.41 Å². The van der Waals surface area contributed by atoms with Crippen LogP contribution >= 0.6 is 0 Å². The number of nitrogens with zero attached hydrogens (tertiary/aromatic N) is 3. The van der Waals surface area contributed by atoms with E-state index in [0.29, 0.717) is 35.9 Å². The third-order valence-electron chi connectivity index (χ3n) is 6.78. The Morgan fingerprint density at radius 1 is 1.29 bits per heavy atom. The lowest BCUT2D eigenvalue weighted by Crippen LogP contribution is -2.40. The minimum Gasteiger partial charge on any atom is -0.378 e. The molecule has 0 aliphatic carbocycles. The molecule has 2 atom stereocenters. The molecule has 2 heterocycles. The van der Waals surface area contributed by atoms with Gasteiger partial charge in [0.25, 0.3) is 11.5 Å². The molecule has 190 valence electrons. The van der Waals surface area contributed by atoms with Gasteiger partial charge in [-0.15, -0.1) is 0 Å². The summed E-state index contributed by atoms with van der Waals surface area (Å²) in [6, 6.07) is 7.84. The van der Waals surface area contributed by atoms with Crippen molar-refractivity contribution in [3.63, 3.8) is 0 Å². The summed E-state index contributed by atoms with van der Waals surface area (Å²) in [6.45, 7) is 7.09. The zero-order chi connectivity index (χ0) is 25.5. The first-order valence-corrected chi connectivity index (χ1v) is 12.8. The zero-order valence-electron chi connectivity index (χ0n) is 21.8. The van der Waals surface area contributed by atoms with Gasteiger partial charge in [0.2, 0.25) is 0 Å². The van der Waals surface area contributed by atoms with Gasteiger partial charge in [0, 0.05) is 56.1 Å². The Hall–Kier alpha value is -3.16. The predicted octanol–water partition coefficient (Wildman–Crippen LogP) is 4.62. The smallest absolute Gasteiger partial charge is 0.262 e. The van der Waals surface area contributed by atoms with Crippen LogP contribution in [-0.2, 0) is 0 Å². The van der Waals surface area contributed by atoms with Crippen LogP contribution in [0.15, 0.2) is 29.1 Å². The van der Waals surface area contributed by atoms with Crippen molar-refractivity contribution < 1.29 is 4.79 Å². The molecule has 1 aromatic carbocycles. The molecule has 0 spiro atoms. The third-order valence-corrected chi connectivity index (χ3v) is 6.78. The summed E-state index contributed by atoms with van der Waals surface area (Å²) in [5.74, 6) is 1.02. The van der Waals surface area contributed by atoms with Crippen LogP contribution < -0.4 is 15.8 Å². The maximum Gasteiger partial charge on any atom is 0.262 e. The molecule has 1 amide bonds. The molecule has 2 aromatic rings. The second kappa shape index (κ2) is 12.0. The third kappa shape index (κ3) is 6.50. The van der Waals surface area contributed by atoms with Crippen molar-refractivity contribution in [1.82, 2.24) is 14.9 Å². The van der Waals surface area contributed by atoms with Gasteiger partial charge in [0.1, 0.15) is 17.2 Å². The largest absolute Gasteiger partial charge is 0.378 e. The van der Waals surface area contributed by atoms with Crippen molar-refractivity contribution in [2.75, 3.05) is 37.4 Å². The molecule has 35 heavy (non-hydrogen) atoms. The lowest BCUT2D eigenvalue weighted by atomic mass is 9.96. The van der Waals surface area contributed by atoms with Gasteiger partial charge in [-0.05, 0) is 56.9 Å². The maximum atomic E-state index is 13.2. The second-order valence-corrected chi connectivity index (χ2v) is 9.72. The highest BCUT2D eigenvalue weighted by atomic mass is 16.2. The number of carbonyl (C=O) groups excluding carboxylic acids is 1. The summed E-state index contributed by atoms with van der Waals surface area (Å²) in [5, 5.41) is 11.6. The van der Waals surface area contributed by atoms with E-state index in [1.165, 1.54) is 0 Å².